The molecule has 1 aromatic rings. The molecule has 0 aliphatic heterocycles. The number of methoxy groups -OCH3 is 1. The van der Waals surface area contributed by atoms with Crippen molar-refractivity contribution in [2.75, 3.05) is 7.11 Å². The average molecular weight is 275 g/mol. The molecule has 1 amide bonds. The molecule has 20 heavy (non-hydrogen) atoms. The van der Waals surface area contributed by atoms with Gasteiger partial charge in [0.1, 0.15) is 5.75 Å². The van der Waals surface area contributed by atoms with Gasteiger partial charge in [0.2, 0.25) is 5.91 Å². The maximum atomic E-state index is 11.8. The monoisotopic (exact) mass is 275 g/mol. The fraction of sp³-hybridized carbons (Fsp3) is 0.471. The van der Waals surface area contributed by atoms with E-state index in [2.05, 4.69) is 19.2 Å². The minimum absolute atomic E-state index is 0.0372. The van der Waals surface area contributed by atoms with Gasteiger partial charge in [-0.2, -0.15) is 0 Å². The molecule has 1 aromatic carbocycles. The van der Waals surface area contributed by atoms with Gasteiger partial charge in [-0.3, -0.25) is 4.79 Å². The molecule has 0 aliphatic rings. The second-order valence-electron chi connectivity index (χ2n) is 5.01. The zero-order valence-electron chi connectivity index (χ0n) is 12.7. The average Bonchev–Trinajstić information content (AvgIpc) is 2.46. The lowest BCUT2D eigenvalue weighted by molar-refractivity contribution is -0.117. The van der Waals surface area contributed by atoms with E-state index in [9.17, 15) is 4.79 Å². The van der Waals surface area contributed by atoms with Crippen LogP contribution < -0.4 is 10.1 Å². The van der Waals surface area contributed by atoms with Crippen LogP contribution in [0.3, 0.4) is 0 Å². The number of hydrogen-bond acceptors (Lipinski definition) is 2. The molecule has 0 bridgehead atoms. The number of hydrogen-bond donors (Lipinski definition) is 1. The highest BCUT2D eigenvalue weighted by Gasteiger charge is 2.03. The number of carbonyl (C=O) groups excluding carboxylic acids is 1. The third-order valence-electron chi connectivity index (χ3n) is 3.17. The molecule has 1 atom stereocenters. The molecule has 110 valence electrons. The minimum atomic E-state index is -0.0372. The summed E-state index contributed by atoms with van der Waals surface area (Å²) in [4.78, 5) is 11.8. The smallest absolute Gasteiger partial charge is 0.244 e. The summed E-state index contributed by atoms with van der Waals surface area (Å²) < 4.78 is 5.09. The summed E-state index contributed by atoms with van der Waals surface area (Å²) in [5.74, 6) is 0.779. The van der Waals surface area contributed by atoms with Crippen molar-refractivity contribution in [2.24, 2.45) is 0 Å². The summed E-state index contributed by atoms with van der Waals surface area (Å²) in [5.41, 5.74) is 0.986. The quantitative estimate of drug-likeness (QED) is 0.579. The van der Waals surface area contributed by atoms with Crippen molar-refractivity contribution >= 4 is 12.0 Å². The van der Waals surface area contributed by atoms with Crippen LogP contribution >= 0.6 is 0 Å². The van der Waals surface area contributed by atoms with Crippen molar-refractivity contribution in [2.45, 2.75) is 45.6 Å². The minimum Gasteiger partial charge on any atom is -0.497 e. The highest BCUT2D eigenvalue weighted by Crippen LogP contribution is 2.12. The van der Waals surface area contributed by atoms with Crippen molar-refractivity contribution in [1.82, 2.24) is 5.32 Å². The van der Waals surface area contributed by atoms with Crippen LogP contribution in [0.15, 0.2) is 30.3 Å². The first-order valence-corrected chi connectivity index (χ1v) is 7.28. The number of ether oxygens (including phenoxy) is 1. The molecule has 0 fully saturated rings. The van der Waals surface area contributed by atoms with Crippen LogP contribution in [-0.2, 0) is 4.79 Å². The highest BCUT2D eigenvalue weighted by atomic mass is 16.5. The molecule has 0 aliphatic carbocycles. The number of benzene rings is 1. The topological polar surface area (TPSA) is 38.3 Å². The highest BCUT2D eigenvalue weighted by molar-refractivity contribution is 5.91. The van der Waals surface area contributed by atoms with Crippen LogP contribution in [0.1, 0.15) is 45.1 Å². The van der Waals surface area contributed by atoms with Crippen LogP contribution in [0.4, 0.5) is 0 Å². The molecule has 3 nitrogen and oxygen atoms in total. The predicted molar refractivity (Wildman–Crippen MR) is 83.8 cm³/mol. The van der Waals surface area contributed by atoms with E-state index in [1.54, 1.807) is 13.2 Å². The Kier molecular flexibility index (Phi) is 7.48. The van der Waals surface area contributed by atoms with E-state index in [0.29, 0.717) is 0 Å². The Bertz CT molecular complexity index is 423. The second-order valence-corrected chi connectivity index (χ2v) is 5.01. The lowest BCUT2D eigenvalue weighted by Crippen LogP contribution is -2.30. The van der Waals surface area contributed by atoms with E-state index in [0.717, 1.165) is 17.7 Å². The fourth-order valence-electron chi connectivity index (χ4n) is 1.95. The Morgan fingerprint density at radius 2 is 2.00 bits per heavy atom. The number of nitrogens with one attached hydrogen (secondary N) is 1. The van der Waals surface area contributed by atoms with Crippen molar-refractivity contribution in [3.05, 3.63) is 35.9 Å². The Labute approximate surface area is 122 Å². The molecular weight excluding hydrogens is 250 g/mol. The van der Waals surface area contributed by atoms with Crippen molar-refractivity contribution < 1.29 is 9.53 Å². The van der Waals surface area contributed by atoms with Gasteiger partial charge in [0.05, 0.1) is 7.11 Å². The Morgan fingerprint density at radius 1 is 1.30 bits per heavy atom. The first kappa shape index (κ1) is 16.3. The molecule has 1 rings (SSSR count). The Morgan fingerprint density at radius 3 is 2.60 bits per heavy atom. The van der Waals surface area contributed by atoms with Gasteiger partial charge in [-0.1, -0.05) is 38.3 Å². The van der Waals surface area contributed by atoms with E-state index in [1.807, 2.05) is 30.3 Å². The lowest BCUT2D eigenvalue weighted by Gasteiger charge is -2.11. The molecule has 0 saturated heterocycles. The Hall–Kier alpha value is -1.77. The largest absolute Gasteiger partial charge is 0.497 e. The van der Waals surface area contributed by atoms with Gasteiger partial charge in [0, 0.05) is 12.1 Å². The third kappa shape index (κ3) is 6.41. The normalized spacial score (nSPS) is 12.3. The third-order valence-corrected chi connectivity index (χ3v) is 3.17. The maximum Gasteiger partial charge on any atom is 0.244 e. The zero-order valence-corrected chi connectivity index (χ0v) is 12.7. The first-order valence-electron chi connectivity index (χ1n) is 7.28. The van der Waals surface area contributed by atoms with E-state index in [1.165, 1.54) is 19.3 Å². The summed E-state index contributed by atoms with van der Waals surface area (Å²) >= 11 is 0. The SMILES string of the molecule is CCCCC[C@H](C)NC(=O)/C=C/c1ccc(OC)cc1. The van der Waals surface area contributed by atoms with Crippen LogP contribution in [0, 0.1) is 0 Å². The van der Waals surface area contributed by atoms with E-state index >= 15 is 0 Å². The summed E-state index contributed by atoms with van der Waals surface area (Å²) in [5, 5.41) is 2.98. The van der Waals surface area contributed by atoms with Crippen molar-refractivity contribution in [3.8, 4) is 5.75 Å². The van der Waals surface area contributed by atoms with Gasteiger partial charge in [-0.25, -0.2) is 0 Å². The summed E-state index contributed by atoms with van der Waals surface area (Å²) in [6, 6.07) is 7.84. The van der Waals surface area contributed by atoms with Gasteiger partial charge in [-0.05, 0) is 37.1 Å². The molecule has 0 aromatic heterocycles. The molecule has 0 radical (unpaired) electrons. The molecule has 0 heterocycles. The van der Waals surface area contributed by atoms with Crippen LogP contribution in [0.25, 0.3) is 6.08 Å². The molecular formula is C17H25NO2. The Balaban J connectivity index is 2.38. The maximum absolute atomic E-state index is 11.8. The van der Waals surface area contributed by atoms with Gasteiger partial charge < -0.3 is 10.1 Å². The predicted octanol–water partition coefficient (Wildman–Crippen LogP) is 3.79. The number of amides is 1. The van der Waals surface area contributed by atoms with Crippen LogP contribution in [0.5, 0.6) is 5.75 Å². The molecule has 3 heteroatoms. The molecule has 0 unspecified atom stereocenters. The van der Waals surface area contributed by atoms with Gasteiger partial charge in [0.25, 0.3) is 0 Å². The lowest BCUT2D eigenvalue weighted by atomic mass is 10.1. The van der Waals surface area contributed by atoms with E-state index < -0.39 is 0 Å². The first-order chi connectivity index (χ1) is 9.65. The van der Waals surface area contributed by atoms with Crippen LogP contribution in [0.2, 0.25) is 0 Å². The van der Waals surface area contributed by atoms with Gasteiger partial charge in [0.15, 0.2) is 0 Å². The van der Waals surface area contributed by atoms with Crippen molar-refractivity contribution in [1.29, 1.82) is 0 Å². The van der Waals surface area contributed by atoms with E-state index in [4.69, 9.17) is 4.74 Å². The van der Waals surface area contributed by atoms with Gasteiger partial charge >= 0.3 is 0 Å². The molecule has 1 N–H and O–H groups in total. The van der Waals surface area contributed by atoms with Crippen molar-refractivity contribution in [3.63, 3.8) is 0 Å². The molecule has 0 spiro atoms. The number of carbonyl (C=O) groups is 1. The summed E-state index contributed by atoms with van der Waals surface area (Å²) in [6.45, 7) is 4.23. The second kappa shape index (κ2) is 9.18. The number of rotatable bonds is 8. The standard InChI is InChI=1S/C17H25NO2/c1-4-5-6-7-14(2)18-17(19)13-10-15-8-11-16(20-3)12-9-15/h8-14H,4-7H2,1-3H3,(H,18,19)/b13-10+/t14-/m0/s1. The van der Waals surface area contributed by atoms with E-state index in [-0.39, 0.29) is 11.9 Å². The zero-order chi connectivity index (χ0) is 14.8. The number of unbranched alkanes of at least 4 members (excludes halogenated alkanes) is 2. The fourth-order valence-corrected chi connectivity index (χ4v) is 1.95. The summed E-state index contributed by atoms with van der Waals surface area (Å²) in [6.07, 6.45) is 8.03. The molecule has 0 saturated carbocycles. The van der Waals surface area contributed by atoms with Gasteiger partial charge in [-0.15, -0.1) is 0 Å². The van der Waals surface area contributed by atoms with Crippen LogP contribution in [-0.4, -0.2) is 19.1 Å². The summed E-state index contributed by atoms with van der Waals surface area (Å²) in [7, 11) is 1.64.